The zero-order valence-electron chi connectivity index (χ0n) is 16.0. The Bertz CT molecular complexity index is 726. The second kappa shape index (κ2) is 9.97. The summed E-state index contributed by atoms with van der Waals surface area (Å²) >= 11 is 0. The smallest absolute Gasteiger partial charge is 0.219 e. The second-order valence-corrected chi connectivity index (χ2v) is 6.41. The number of hydrogen-bond donors (Lipinski definition) is 2. The number of amides is 1. The molecule has 0 radical (unpaired) electrons. The zero-order chi connectivity index (χ0) is 18.9. The Morgan fingerprint density at radius 1 is 1.15 bits per heavy atom. The fourth-order valence-corrected chi connectivity index (χ4v) is 2.99. The van der Waals surface area contributed by atoms with E-state index in [0.29, 0.717) is 26.0 Å². The van der Waals surface area contributed by atoms with Crippen molar-refractivity contribution < 1.29 is 14.6 Å². The first-order chi connectivity index (χ1) is 12.6. The van der Waals surface area contributed by atoms with E-state index in [1.807, 2.05) is 25.1 Å². The summed E-state index contributed by atoms with van der Waals surface area (Å²) in [6.45, 7) is 7.24. The topological polar surface area (TPSA) is 58.6 Å². The van der Waals surface area contributed by atoms with Crippen LogP contribution in [0, 0.1) is 13.8 Å². The van der Waals surface area contributed by atoms with Crippen LogP contribution in [0.3, 0.4) is 0 Å². The molecule has 0 saturated carbocycles. The Morgan fingerprint density at radius 3 is 2.54 bits per heavy atom. The molecule has 0 atom stereocenters. The molecule has 26 heavy (non-hydrogen) atoms. The molecule has 2 aromatic rings. The van der Waals surface area contributed by atoms with Crippen LogP contribution in [0.25, 0.3) is 11.1 Å². The molecular weight excluding hydrogens is 326 g/mol. The standard InChI is InChI=1S/C22H29NO3/c1-4-21(25)23-12-8-14-26-22-17(3)16(2)20(15-19(22)11-13-24)18-9-6-5-7-10-18/h5-7,9-10,15,24H,4,8,11-14H2,1-3H3,(H,23,25). The molecule has 4 heteroatoms. The monoisotopic (exact) mass is 355 g/mol. The van der Waals surface area contributed by atoms with Gasteiger partial charge in [0.05, 0.1) is 6.61 Å². The molecule has 2 rings (SSSR count). The molecule has 2 N–H and O–H groups in total. The van der Waals surface area contributed by atoms with Gasteiger partial charge in [0.25, 0.3) is 0 Å². The van der Waals surface area contributed by atoms with Crippen molar-refractivity contribution in [2.45, 2.75) is 40.0 Å². The molecule has 0 fully saturated rings. The Balaban J connectivity index is 2.18. The van der Waals surface area contributed by atoms with Gasteiger partial charge in [-0.15, -0.1) is 0 Å². The Labute approximate surface area is 156 Å². The lowest BCUT2D eigenvalue weighted by atomic mass is 9.92. The summed E-state index contributed by atoms with van der Waals surface area (Å²) in [5.74, 6) is 0.920. The molecule has 4 nitrogen and oxygen atoms in total. The number of ether oxygens (including phenoxy) is 1. The summed E-state index contributed by atoms with van der Waals surface area (Å²) < 4.78 is 6.05. The minimum Gasteiger partial charge on any atom is -0.493 e. The van der Waals surface area contributed by atoms with Crippen molar-refractivity contribution in [3.8, 4) is 16.9 Å². The van der Waals surface area contributed by atoms with Gasteiger partial charge in [0.2, 0.25) is 5.91 Å². The third kappa shape index (κ3) is 5.09. The van der Waals surface area contributed by atoms with Gasteiger partial charge in [-0.2, -0.15) is 0 Å². The first-order valence-electron chi connectivity index (χ1n) is 9.27. The molecule has 0 aliphatic rings. The van der Waals surface area contributed by atoms with Crippen LogP contribution in [0.5, 0.6) is 5.75 Å². The van der Waals surface area contributed by atoms with E-state index in [0.717, 1.165) is 23.3 Å². The summed E-state index contributed by atoms with van der Waals surface area (Å²) in [6.07, 6.45) is 1.81. The second-order valence-electron chi connectivity index (χ2n) is 6.41. The van der Waals surface area contributed by atoms with Crippen molar-refractivity contribution in [3.05, 3.63) is 53.1 Å². The van der Waals surface area contributed by atoms with Gasteiger partial charge in [-0.05, 0) is 60.6 Å². The molecule has 0 saturated heterocycles. The highest BCUT2D eigenvalue weighted by Crippen LogP contribution is 2.35. The number of carbonyl (C=O) groups excluding carboxylic acids is 1. The van der Waals surface area contributed by atoms with Gasteiger partial charge in [-0.3, -0.25) is 4.79 Å². The number of rotatable bonds is 9. The number of nitrogens with one attached hydrogen (secondary N) is 1. The summed E-state index contributed by atoms with van der Waals surface area (Å²) in [5, 5.41) is 12.3. The van der Waals surface area contributed by atoms with Gasteiger partial charge in [0, 0.05) is 19.6 Å². The van der Waals surface area contributed by atoms with E-state index in [-0.39, 0.29) is 12.5 Å². The van der Waals surface area contributed by atoms with Gasteiger partial charge < -0.3 is 15.2 Å². The van der Waals surface area contributed by atoms with E-state index in [1.165, 1.54) is 16.7 Å². The lowest BCUT2D eigenvalue weighted by Gasteiger charge is -2.19. The lowest BCUT2D eigenvalue weighted by molar-refractivity contribution is -0.120. The fourth-order valence-electron chi connectivity index (χ4n) is 2.99. The van der Waals surface area contributed by atoms with Crippen molar-refractivity contribution in [3.63, 3.8) is 0 Å². The average molecular weight is 355 g/mol. The van der Waals surface area contributed by atoms with Crippen LogP contribution in [0.4, 0.5) is 0 Å². The first-order valence-corrected chi connectivity index (χ1v) is 9.27. The molecule has 0 unspecified atom stereocenters. The largest absolute Gasteiger partial charge is 0.493 e. The van der Waals surface area contributed by atoms with Crippen LogP contribution >= 0.6 is 0 Å². The highest BCUT2D eigenvalue weighted by atomic mass is 16.5. The van der Waals surface area contributed by atoms with E-state index < -0.39 is 0 Å². The van der Waals surface area contributed by atoms with E-state index in [4.69, 9.17) is 4.74 Å². The zero-order valence-corrected chi connectivity index (χ0v) is 16.0. The van der Waals surface area contributed by atoms with Crippen LogP contribution in [0.1, 0.15) is 36.5 Å². The highest BCUT2D eigenvalue weighted by Gasteiger charge is 2.15. The van der Waals surface area contributed by atoms with Gasteiger partial charge in [-0.1, -0.05) is 37.3 Å². The van der Waals surface area contributed by atoms with Gasteiger partial charge in [0.1, 0.15) is 5.75 Å². The number of aliphatic hydroxyl groups excluding tert-OH is 1. The Hall–Kier alpha value is -2.33. The first kappa shape index (κ1) is 20.0. The maximum atomic E-state index is 11.3. The van der Waals surface area contributed by atoms with Crippen LogP contribution in [-0.2, 0) is 11.2 Å². The van der Waals surface area contributed by atoms with Crippen LogP contribution in [-0.4, -0.2) is 30.8 Å². The summed E-state index contributed by atoms with van der Waals surface area (Å²) in [4.78, 5) is 11.3. The molecule has 0 heterocycles. The van der Waals surface area contributed by atoms with Crippen molar-refractivity contribution in [2.24, 2.45) is 0 Å². The number of hydrogen-bond acceptors (Lipinski definition) is 3. The van der Waals surface area contributed by atoms with E-state index in [2.05, 4.69) is 37.4 Å². The summed E-state index contributed by atoms with van der Waals surface area (Å²) in [5.41, 5.74) is 5.65. The molecular formula is C22H29NO3. The minimum atomic E-state index is 0.0604. The van der Waals surface area contributed by atoms with Crippen molar-refractivity contribution in [1.29, 1.82) is 0 Å². The van der Waals surface area contributed by atoms with Crippen molar-refractivity contribution in [2.75, 3.05) is 19.8 Å². The fraction of sp³-hybridized carbons (Fsp3) is 0.409. The molecule has 140 valence electrons. The third-order valence-electron chi connectivity index (χ3n) is 4.59. The van der Waals surface area contributed by atoms with Gasteiger partial charge in [-0.25, -0.2) is 0 Å². The summed E-state index contributed by atoms with van der Waals surface area (Å²) in [6, 6.07) is 12.4. The lowest BCUT2D eigenvalue weighted by Crippen LogP contribution is -2.24. The maximum Gasteiger partial charge on any atom is 0.219 e. The quantitative estimate of drug-likeness (QED) is 0.673. The molecule has 0 aromatic heterocycles. The third-order valence-corrected chi connectivity index (χ3v) is 4.59. The summed E-state index contributed by atoms with van der Waals surface area (Å²) in [7, 11) is 0. The van der Waals surface area contributed by atoms with Crippen molar-refractivity contribution >= 4 is 5.91 Å². The molecule has 0 bridgehead atoms. The number of carbonyl (C=O) groups is 1. The van der Waals surface area contributed by atoms with E-state index in [9.17, 15) is 9.90 Å². The Kier molecular flexibility index (Phi) is 7.67. The highest BCUT2D eigenvalue weighted by molar-refractivity contribution is 5.75. The van der Waals surface area contributed by atoms with E-state index >= 15 is 0 Å². The van der Waals surface area contributed by atoms with Crippen LogP contribution in [0.15, 0.2) is 36.4 Å². The molecule has 2 aromatic carbocycles. The van der Waals surface area contributed by atoms with E-state index in [1.54, 1.807) is 0 Å². The van der Waals surface area contributed by atoms with Crippen LogP contribution < -0.4 is 10.1 Å². The number of benzene rings is 2. The normalized spacial score (nSPS) is 10.6. The maximum absolute atomic E-state index is 11.3. The SMILES string of the molecule is CCC(=O)NCCCOc1c(CCO)cc(-c2ccccc2)c(C)c1C. The molecule has 1 amide bonds. The van der Waals surface area contributed by atoms with Crippen LogP contribution in [0.2, 0.25) is 0 Å². The number of aliphatic hydroxyl groups is 1. The van der Waals surface area contributed by atoms with Gasteiger partial charge >= 0.3 is 0 Å². The van der Waals surface area contributed by atoms with Crippen molar-refractivity contribution in [1.82, 2.24) is 5.32 Å². The molecule has 0 aliphatic carbocycles. The minimum absolute atomic E-state index is 0.0604. The predicted octanol–water partition coefficient (Wildman–Crippen LogP) is 3.80. The predicted molar refractivity (Wildman–Crippen MR) is 106 cm³/mol. The molecule has 0 aliphatic heterocycles. The molecule has 0 spiro atoms. The average Bonchev–Trinajstić information content (AvgIpc) is 2.66. The Morgan fingerprint density at radius 2 is 1.88 bits per heavy atom. The van der Waals surface area contributed by atoms with Gasteiger partial charge in [0.15, 0.2) is 0 Å².